The fourth-order valence-corrected chi connectivity index (χ4v) is 3.54. The second-order valence-electron chi connectivity index (χ2n) is 10.5. The SMILES string of the molecule is Cc1ccc(F)c(C(C(=O)O)N(c2ccc3cnccc3c2)N(OC(C)(C)C)C(=O)OC(C)(C)C)c1. The average molecular weight is 498 g/mol. The van der Waals surface area contributed by atoms with Crippen molar-refractivity contribution in [1.82, 2.24) is 10.2 Å². The maximum absolute atomic E-state index is 15.1. The van der Waals surface area contributed by atoms with E-state index in [2.05, 4.69) is 4.98 Å². The van der Waals surface area contributed by atoms with Crippen molar-refractivity contribution in [2.24, 2.45) is 0 Å². The van der Waals surface area contributed by atoms with Crippen LogP contribution in [-0.2, 0) is 14.4 Å². The van der Waals surface area contributed by atoms with E-state index in [1.165, 1.54) is 12.1 Å². The average Bonchev–Trinajstić information content (AvgIpc) is 2.75. The number of fused-ring (bicyclic) bond motifs is 1. The van der Waals surface area contributed by atoms with E-state index in [9.17, 15) is 14.7 Å². The number of rotatable bonds is 6. The molecule has 1 atom stereocenters. The third-order valence-electron chi connectivity index (χ3n) is 4.92. The number of halogens is 1. The molecule has 0 spiro atoms. The summed E-state index contributed by atoms with van der Waals surface area (Å²) in [5, 5.41) is 13.8. The van der Waals surface area contributed by atoms with Gasteiger partial charge in [0.2, 0.25) is 0 Å². The third-order valence-corrected chi connectivity index (χ3v) is 4.92. The Morgan fingerprint density at radius 1 is 0.972 bits per heavy atom. The number of hydrazine groups is 1. The van der Waals surface area contributed by atoms with Gasteiger partial charge in [0.25, 0.3) is 0 Å². The molecule has 9 heteroatoms. The van der Waals surface area contributed by atoms with Crippen LogP contribution in [0.2, 0.25) is 0 Å². The van der Waals surface area contributed by atoms with E-state index in [1.54, 1.807) is 91.2 Å². The summed E-state index contributed by atoms with van der Waals surface area (Å²) < 4.78 is 20.7. The summed E-state index contributed by atoms with van der Waals surface area (Å²) in [5.41, 5.74) is -1.06. The number of aliphatic carboxylic acids is 1. The molecule has 0 aliphatic carbocycles. The van der Waals surface area contributed by atoms with Crippen LogP contribution in [0.4, 0.5) is 14.9 Å². The van der Waals surface area contributed by atoms with Crippen LogP contribution < -0.4 is 5.01 Å². The number of carboxylic acid groups (broad SMARTS) is 1. The second-order valence-corrected chi connectivity index (χ2v) is 10.5. The van der Waals surface area contributed by atoms with Crippen molar-refractivity contribution in [3.8, 4) is 0 Å². The largest absolute Gasteiger partial charge is 0.479 e. The van der Waals surface area contributed by atoms with Crippen LogP contribution in [0.15, 0.2) is 54.9 Å². The predicted molar refractivity (Wildman–Crippen MR) is 135 cm³/mol. The van der Waals surface area contributed by atoms with Crippen molar-refractivity contribution in [2.75, 3.05) is 5.01 Å². The van der Waals surface area contributed by atoms with Crippen molar-refractivity contribution in [3.63, 3.8) is 0 Å². The first-order valence-electron chi connectivity index (χ1n) is 11.5. The Hall–Kier alpha value is -3.72. The third kappa shape index (κ3) is 6.48. The minimum absolute atomic E-state index is 0.136. The van der Waals surface area contributed by atoms with Gasteiger partial charge in [-0.15, -0.1) is 0 Å². The molecule has 1 aromatic heterocycles. The number of carbonyl (C=O) groups excluding carboxylic acids is 1. The Kier molecular flexibility index (Phi) is 7.54. The number of hydrogen-bond donors (Lipinski definition) is 1. The summed E-state index contributed by atoms with van der Waals surface area (Å²) in [6, 6.07) is 9.31. The lowest BCUT2D eigenvalue weighted by molar-refractivity contribution is -0.222. The summed E-state index contributed by atoms with van der Waals surface area (Å²) >= 11 is 0. The molecule has 3 aromatic rings. The van der Waals surface area contributed by atoms with Crippen molar-refractivity contribution in [1.29, 1.82) is 0 Å². The van der Waals surface area contributed by atoms with Crippen LogP contribution in [0.1, 0.15) is 58.7 Å². The summed E-state index contributed by atoms with van der Waals surface area (Å²) in [4.78, 5) is 36.3. The summed E-state index contributed by atoms with van der Waals surface area (Å²) in [6.45, 7) is 11.9. The van der Waals surface area contributed by atoms with Crippen molar-refractivity contribution in [3.05, 3.63) is 71.8 Å². The van der Waals surface area contributed by atoms with Crippen LogP contribution in [0, 0.1) is 12.7 Å². The number of aromatic nitrogens is 1. The molecular formula is C27H32FN3O5. The fourth-order valence-electron chi connectivity index (χ4n) is 3.54. The summed E-state index contributed by atoms with van der Waals surface area (Å²) in [7, 11) is 0. The van der Waals surface area contributed by atoms with Crippen LogP contribution in [0.3, 0.4) is 0 Å². The Morgan fingerprint density at radius 2 is 1.67 bits per heavy atom. The van der Waals surface area contributed by atoms with Crippen molar-refractivity contribution < 1.29 is 28.7 Å². The van der Waals surface area contributed by atoms with Gasteiger partial charge in [0.05, 0.1) is 11.3 Å². The predicted octanol–water partition coefficient (Wildman–Crippen LogP) is 6.20. The van der Waals surface area contributed by atoms with Crippen LogP contribution in [-0.4, -0.2) is 38.5 Å². The Bertz CT molecular complexity index is 1270. The van der Waals surface area contributed by atoms with E-state index in [0.29, 0.717) is 5.56 Å². The van der Waals surface area contributed by atoms with Gasteiger partial charge in [-0.25, -0.2) is 23.8 Å². The molecule has 3 rings (SSSR count). The molecule has 0 saturated heterocycles. The van der Waals surface area contributed by atoms with Crippen LogP contribution in [0.5, 0.6) is 0 Å². The van der Waals surface area contributed by atoms with E-state index < -0.39 is 35.1 Å². The highest BCUT2D eigenvalue weighted by atomic mass is 19.1. The maximum Gasteiger partial charge on any atom is 0.454 e. The molecule has 0 fully saturated rings. The Labute approximate surface area is 210 Å². The van der Waals surface area contributed by atoms with Gasteiger partial charge in [0, 0.05) is 23.3 Å². The van der Waals surface area contributed by atoms with Gasteiger partial charge in [0.1, 0.15) is 11.4 Å². The molecule has 0 saturated carbocycles. The highest BCUT2D eigenvalue weighted by molar-refractivity contribution is 5.88. The lowest BCUT2D eigenvalue weighted by atomic mass is 10.0. The first-order valence-corrected chi connectivity index (χ1v) is 11.5. The molecule has 2 aromatic carbocycles. The monoisotopic (exact) mass is 497 g/mol. The number of nitrogens with zero attached hydrogens (tertiary/aromatic N) is 3. The summed E-state index contributed by atoms with van der Waals surface area (Å²) in [5.74, 6) is -2.12. The number of hydrogen-bond acceptors (Lipinski definition) is 6. The Morgan fingerprint density at radius 3 is 2.28 bits per heavy atom. The van der Waals surface area contributed by atoms with E-state index >= 15 is 4.39 Å². The molecule has 1 heterocycles. The standard InChI is InChI=1S/C27H32FN3O5/c1-17-8-11-22(28)21(14-17)23(24(32)33)30(20-10-9-19-16-29-13-12-18(19)15-20)31(36-27(5,6)7)25(34)35-26(2,3)4/h8-16,23H,1-7H3,(H,32,33). The molecule has 8 nitrogen and oxygen atoms in total. The molecule has 192 valence electrons. The molecular weight excluding hydrogens is 465 g/mol. The molecule has 0 bridgehead atoms. The number of amides is 1. The zero-order valence-corrected chi connectivity index (χ0v) is 21.6. The Balaban J connectivity index is 2.31. The molecule has 1 N–H and O–H groups in total. The number of aryl methyl sites for hydroxylation is 1. The first kappa shape index (κ1) is 26.9. The number of hydroxylamine groups is 1. The minimum Gasteiger partial charge on any atom is -0.479 e. The molecule has 0 radical (unpaired) electrons. The van der Waals surface area contributed by atoms with Gasteiger partial charge in [-0.2, -0.15) is 0 Å². The van der Waals surface area contributed by atoms with E-state index in [1.807, 2.05) is 0 Å². The number of anilines is 1. The topological polar surface area (TPSA) is 92.2 Å². The number of carboxylic acids is 1. The smallest absolute Gasteiger partial charge is 0.454 e. The fraction of sp³-hybridized carbons (Fsp3) is 0.370. The minimum atomic E-state index is -1.67. The second kappa shape index (κ2) is 10.1. The highest BCUT2D eigenvalue weighted by Gasteiger charge is 2.41. The first-order chi connectivity index (χ1) is 16.7. The van der Waals surface area contributed by atoms with Gasteiger partial charge in [0.15, 0.2) is 6.04 Å². The number of carbonyl (C=O) groups is 2. The molecule has 1 amide bonds. The van der Waals surface area contributed by atoms with Crippen molar-refractivity contribution >= 4 is 28.5 Å². The normalized spacial score (nSPS) is 12.8. The maximum atomic E-state index is 15.1. The lowest BCUT2D eigenvalue weighted by Gasteiger charge is -2.41. The van der Waals surface area contributed by atoms with Gasteiger partial charge in [-0.05, 0) is 78.1 Å². The zero-order valence-electron chi connectivity index (χ0n) is 21.6. The number of benzene rings is 2. The molecule has 36 heavy (non-hydrogen) atoms. The molecule has 1 unspecified atom stereocenters. The molecule has 0 aliphatic heterocycles. The van der Waals surface area contributed by atoms with Crippen molar-refractivity contribution in [2.45, 2.75) is 65.7 Å². The van der Waals surface area contributed by atoms with Gasteiger partial charge in [-0.1, -0.05) is 28.9 Å². The van der Waals surface area contributed by atoms with Gasteiger partial charge < -0.3 is 9.84 Å². The van der Waals surface area contributed by atoms with Crippen LogP contribution >= 0.6 is 0 Å². The zero-order chi connectivity index (χ0) is 26.8. The summed E-state index contributed by atoms with van der Waals surface area (Å²) in [6.07, 6.45) is 2.31. The van der Waals surface area contributed by atoms with Crippen LogP contribution in [0.25, 0.3) is 10.8 Å². The van der Waals surface area contributed by atoms with E-state index in [4.69, 9.17) is 9.57 Å². The van der Waals surface area contributed by atoms with E-state index in [-0.39, 0.29) is 11.3 Å². The quantitative estimate of drug-likeness (QED) is 0.406. The van der Waals surface area contributed by atoms with E-state index in [0.717, 1.165) is 21.0 Å². The lowest BCUT2D eigenvalue weighted by Crippen LogP contribution is -2.54. The molecule has 0 aliphatic rings. The van der Waals surface area contributed by atoms with Gasteiger partial charge >= 0.3 is 12.1 Å². The van der Waals surface area contributed by atoms with Gasteiger partial charge in [-0.3, -0.25) is 4.98 Å². The highest BCUT2D eigenvalue weighted by Crippen LogP contribution is 2.35. The number of ether oxygens (including phenoxy) is 1. The number of pyridine rings is 1.